The van der Waals surface area contributed by atoms with Gasteiger partial charge in [-0.1, -0.05) is 30.4 Å². The zero-order valence-corrected chi connectivity index (χ0v) is 12.6. The lowest BCUT2D eigenvalue weighted by molar-refractivity contribution is 0.784. The van der Waals surface area contributed by atoms with Crippen molar-refractivity contribution in [1.82, 2.24) is 5.32 Å². The van der Waals surface area contributed by atoms with Crippen LogP contribution in [0, 0.1) is 5.92 Å². The molecule has 104 valence electrons. The van der Waals surface area contributed by atoms with Crippen molar-refractivity contribution < 1.29 is 0 Å². The molecule has 0 unspecified atom stereocenters. The Bertz CT molecular complexity index is 434. The van der Waals surface area contributed by atoms with Crippen molar-refractivity contribution in [2.75, 3.05) is 6.54 Å². The minimum absolute atomic E-state index is 0.628. The highest BCUT2D eigenvalue weighted by Gasteiger charge is 2.27. The SMILES string of the molecule is C=N/C(C(=C)C1CC1)=C(/C)NCC/C=C(/C)C(=C)C. The maximum absolute atomic E-state index is 4.13. The van der Waals surface area contributed by atoms with Crippen LogP contribution in [-0.4, -0.2) is 13.3 Å². The summed E-state index contributed by atoms with van der Waals surface area (Å²) in [5.74, 6) is 0.628. The third-order valence-corrected chi connectivity index (χ3v) is 3.55. The summed E-state index contributed by atoms with van der Waals surface area (Å²) >= 11 is 0. The zero-order valence-electron chi connectivity index (χ0n) is 12.6. The molecule has 0 heterocycles. The van der Waals surface area contributed by atoms with E-state index in [4.69, 9.17) is 0 Å². The van der Waals surface area contributed by atoms with Crippen LogP contribution in [0.5, 0.6) is 0 Å². The summed E-state index contributed by atoms with van der Waals surface area (Å²) in [5, 5.41) is 3.40. The van der Waals surface area contributed by atoms with Crippen LogP contribution in [0.4, 0.5) is 0 Å². The molecular weight excluding hydrogens is 232 g/mol. The second-order valence-corrected chi connectivity index (χ2v) is 5.31. The summed E-state index contributed by atoms with van der Waals surface area (Å²) in [5.41, 5.74) is 5.54. The molecule has 0 amide bonds. The van der Waals surface area contributed by atoms with Gasteiger partial charge in [-0.2, -0.15) is 0 Å². The zero-order chi connectivity index (χ0) is 14.4. The standard InChI is InChI=1S/C17H26N2/c1-12(2)13(3)8-7-11-19-15(5)17(18-6)14(4)16-9-10-16/h8,16,19H,1,4,6-7,9-11H2,2-3,5H3/b13-8-,17-15-. The smallest absolute Gasteiger partial charge is 0.0837 e. The van der Waals surface area contributed by atoms with Crippen LogP contribution in [0.25, 0.3) is 0 Å². The first-order chi connectivity index (χ1) is 8.97. The van der Waals surface area contributed by atoms with Crippen LogP contribution < -0.4 is 5.32 Å². The lowest BCUT2D eigenvalue weighted by Crippen LogP contribution is -2.14. The first-order valence-electron chi connectivity index (χ1n) is 6.90. The van der Waals surface area contributed by atoms with E-state index >= 15 is 0 Å². The molecule has 2 nitrogen and oxygen atoms in total. The lowest BCUT2D eigenvalue weighted by atomic mass is 10.1. The van der Waals surface area contributed by atoms with E-state index < -0.39 is 0 Å². The van der Waals surface area contributed by atoms with Crippen LogP contribution in [-0.2, 0) is 0 Å². The van der Waals surface area contributed by atoms with E-state index in [0.717, 1.165) is 35.5 Å². The van der Waals surface area contributed by atoms with Gasteiger partial charge < -0.3 is 5.32 Å². The fourth-order valence-electron chi connectivity index (χ4n) is 1.89. The van der Waals surface area contributed by atoms with E-state index in [0.29, 0.717) is 5.92 Å². The topological polar surface area (TPSA) is 24.4 Å². The average Bonchev–Trinajstić information content (AvgIpc) is 3.19. The summed E-state index contributed by atoms with van der Waals surface area (Å²) in [6.45, 7) is 18.8. The predicted molar refractivity (Wildman–Crippen MR) is 85.3 cm³/mol. The molecule has 0 radical (unpaired) electrons. The van der Waals surface area contributed by atoms with Crippen molar-refractivity contribution in [2.24, 2.45) is 10.9 Å². The van der Waals surface area contributed by atoms with Crippen molar-refractivity contribution in [3.63, 3.8) is 0 Å². The molecule has 0 aliphatic heterocycles. The molecule has 0 spiro atoms. The third kappa shape index (κ3) is 4.90. The summed E-state index contributed by atoms with van der Waals surface area (Å²) in [4.78, 5) is 4.13. The Kier molecular flexibility index (Phi) is 5.81. The van der Waals surface area contributed by atoms with Gasteiger partial charge in [-0.15, -0.1) is 0 Å². The molecule has 19 heavy (non-hydrogen) atoms. The van der Waals surface area contributed by atoms with Crippen molar-refractivity contribution >= 4 is 6.72 Å². The molecule has 0 aromatic carbocycles. The van der Waals surface area contributed by atoms with E-state index in [1.807, 2.05) is 13.8 Å². The van der Waals surface area contributed by atoms with E-state index in [2.05, 4.69) is 43.2 Å². The van der Waals surface area contributed by atoms with E-state index in [1.165, 1.54) is 18.4 Å². The maximum Gasteiger partial charge on any atom is 0.0837 e. The van der Waals surface area contributed by atoms with Crippen molar-refractivity contribution in [3.05, 3.63) is 47.3 Å². The Morgan fingerprint density at radius 2 is 1.89 bits per heavy atom. The van der Waals surface area contributed by atoms with Gasteiger partial charge in [0.1, 0.15) is 0 Å². The second kappa shape index (κ2) is 7.13. The summed E-state index contributed by atoms with van der Waals surface area (Å²) in [7, 11) is 0. The van der Waals surface area contributed by atoms with Gasteiger partial charge in [0.15, 0.2) is 0 Å². The van der Waals surface area contributed by atoms with E-state index in [1.54, 1.807) is 0 Å². The van der Waals surface area contributed by atoms with Gasteiger partial charge in [-0.3, -0.25) is 4.99 Å². The first-order valence-corrected chi connectivity index (χ1v) is 6.90. The molecule has 1 rings (SSSR count). The van der Waals surface area contributed by atoms with Gasteiger partial charge in [0.25, 0.3) is 0 Å². The number of allylic oxidation sites excluding steroid dienone is 4. The molecule has 0 atom stereocenters. The second-order valence-electron chi connectivity index (χ2n) is 5.31. The molecule has 1 aliphatic rings. The number of nitrogens with zero attached hydrogens (tertiary/aromatic N) is 1. The van der Waals surface area contributed by atoms with Crippen LogP contribution in [0.2, 0.25) is 0 Å². The Morgan fingerprint density at radius 3 is 2.37 bits per heavy atom. The predicted octanol–water partition coefficient (Wildman–Crippen LogP) is 4.39. The van der Waals surface area contributed by atoms with Crippen LogP contribution >= 0.6 is 0 Å². The molecule has 1 saturated carbocycles. The van der Waals surface area contributed by atoms with Gasteiger partial charge >= 0.3 is 0 Å². The quantitative estimate of drug-likeness (QED) is 0.390. The molecule has 0 aromatic rings. The molecule has 1 aliphatic carbocycles. The maximum atomic E-state index is 4.13. The number of aliphatic imine (C=N–C) groups is 1. The van der Waals surface area contributed by atoms with Gasteiger partial charge in [0.05, 0.1) is 5.70 Å². The molecule has 0 bridgehead atoms. The van der Waals surface area contributed by atoms with Crippen LogP contribution in [0.3, 0.4) is 0 Å². The summed E-state index contributed by atoms with van der Waals surface area (Å²) < 4.78 is 0. The Labute approximate surface area is 117 Å². The number of hydrogen-bond acceptors (Lipinski definition) is 2. The molecule has 0 saturated heterocycles. The highest BCUT2D eigenvalue weighted by atomic mass is 14.9. The Morgan fingerprint density at radius 1 is 1.26 bits per heavy atom. The number of nitrogens with one attached hydrogen (secondary N) is 1. The van der Waals surface area contributed by atoms with E-state index in [9.17, 15) is 0 Å². The van der Waals surface area contributed by atoms with Crippen LogP contribution in [0.15, 0.2) is 52.3 Å². The molecule has 0 aromatic heterocycles. The summed E-state index contributed by atoms with van der Waals surface area (Å²) in [6, 6.07) is 0. The van der Waals surface area contributed by atoms with Crippen molar-refractivity contribution in [3.8, 4) is 0 Å². The van der Waals surface area contributed by atoms with Crippen molar-refractivity contribution in [1.29, 1.82) is 0 Å². The normalized spacial score (nSPS) is 16.7. The Hall–Kier alpha value is -1.57. The monoisotopic (exact) mass is 258 g/mol. The van der Waals surface area contributed by atoms with E-state index in [-0.39, 0.29) is 0 Å². The van der Waals surface area contributed by atoms with Gasteiger partial charge in [0.2, 0.25) is 0 Å². The fraction of sp³-hybridized carbons (Fsp3) is 0.471. The van der Waals surface area contributed by atoms with Gasteiger partial charge in [0, 0.05) is 12.2 Å². The number of hydrogen-bond donors (Lipinski definition) is 1. The number of rotatable bonds is 8. The molecule has 1 N–H and O–H groups in total. The van der Waals surface area contributed by atoms with Crippen LogP contribution in [0.1, 0.15) is 40.0 Å². The Balaban J connectivity index is 2.50. The highest BCUT2D eigenvalue weighted by Crippen LogP contribution is 2.39. The molecule has 2 heteroatoms. The third-order valence-electron chi connectivity index (χ3n) is 3.55. The molecule has 1 fully saturated rings. The molecular formula is C17H26N2. The fourth-order valence-corrected chi connectivity index (χ4v) is 1.89. The minimum Gasteiger partial charge on any atom is -0.387 e. The summed E-state index contributed by atoms with van der Waals surface area (Å²) in [6.07, 6.45) is 5.67. The largest absolute Gasteiger partial charge is 0.387 e. The minimum atomic E-state index is 0.628. The van der Waals surface area contributed by atoms with Gasteiger partial charge in [-0.05, 0) is 58.2 Å². The van der Waals surface area contributed by atoms with Gasteiger partial charge in [-0.25, -0.2) is 0 Å². The van der Waals surface area contributed by atoms with Crippen molar-refractivity contribution in [2.45, 2.75) is 40.0 Å². The average molecular weight is 258 g/mol. The highest BCUT2D eigenvalue weighted by molar-refractivity contribution is 5.41. The lowest BCUT2D eigenvalue weighted by Gasteiger charge is -2.12. The first kappa shape index (κ1) is 15.5.